The summed E-state index contributed by atoms with van der Waals surface area (Å²) in [6.07, 6.45) is 3.57. The molecule has 0 bridgehead atoms. The van der Waals surface area contributed by atoms with Crippen molar-refractivity contribution < 1.29 is 13.9 Å². The van der Waals surface area contributed by atoms with Crippen LogP contribution in [0.3, 0.4) is 0 Å². The van der Waals surface area contributed by atoms with Crippen LogP contribution in [-0.4, -0.2) is 43.7 Å². The fourth-order valence-electron chi connectivity index (χ4n) is 3.87. The minimum atomic E-state index is 0.692. The molecule has 3 aromatic rings. The first kappa shape index (κ1) is 19.5. The van der Waals surface area contributed by atoms with Gasteiger partial charge in [-0.25, -0.2) is 4.98 Å². The van der Waals surface area contributed by atoms with Gasteiger partial charge in [-0.3, -0.25) is 0 Å². The molecule has 0 radical (unpaired) electrons. The molecule has 1 aliphatic rings. The fraction of sp³-hybridized carbons (Fsp3) is 0.375. The molecule has 2 aromatic carbocycles. The molecule has 0 atom stereocenters. The van der Waals surface area contributed by atoms with Crippen LogP contribution in [0.1, 0.15) is 24.3 Å². The summed E-state index contributed by atoms with van der Waals surface area (Å²) in [6.45, 7) is 5.49. The maximum atomic E-state index is 5.96. The lowest BCUT2D eigenvalue weighted by Crippen LogP contribution is -2.22. The van der Waals surface area contributed by atoms with Crippen LogP contribution in [0.2, 0.25) is 0 Å². The monoisotopic (exact) mass is 392 g/mol. The van der Waals surface area contributed by atoms with E-state index >= 15 is 0 Å². The smallest absolute Gasteiger partial charge is 0.226 e. The molecule has 0 saturated carbocycles. The Labute approximate surface area is 172 Å². The fourth-order valence-corrected chi connectivity index (χ4v) is 3.87. The van der Waals surface area contributed by atoms with Gasteiger partial charge in [-0.05, 0) is 68.2 Å². The van der Waals surface area contributed by atoms with E-state index in [4.69, 9.17) is 18.9 Å². The van der Waals surface area contributed by atoms with Gasteiger partial charge < -0.3 is 18.8 Å². The number of hydrogen-bond acceptors (Lipinski definition) is 5. The summed E-state index contributed by atoms with van der Waals surface area (Å²) >= 11 is 0. The quantitative estimate of drug-likeness (QED) is 0.568. The van der Waals surface area contributed by atoms with Gasteiger partial charge in [-0.1, -0.05) is 18.2 Å². The maximum absolute atomic E-state index is 5.96. The number of likely N-dealkylation sites (tertiary alicyclic amines) is 1. The standard InChI is InChI=1S/C24H28N2O3/c1-17-21(12-15-26-13-4-5-14-26)25-24(29-17)19-8-6-18(7-9-19)20-10-11-22(27-2)23(16-20)28-3/h6-11,16H,4-5,12-15H2,1-3H3. The number of aryl methyl sites for hydroxylation is 1. The van der Waals surface area contributed by atoms with Gasteiger partial charge in [0.15, 0.2) is 11.5 Å². The summed E-state index contributed by atoms with van der Waals surface area (Å²) in [5.41, 5.74) is 4.23. The number of methoxy groups -OCH3 is 2. The average molecular weight is 392 g/mol. The number of ether oxygens (including phenoxy) is 2. The van der Waals surface area contributed by atoms with E-state index in [-0.39, 0.29) is 0 Å². The molecule has 1 aromatic heterocycles. The highest BCUT2D eigenvalue weighted by atomic mass is 16.5. The van der Waals surface area contributed by atoms with E-state index in [2.05, 4.69) is 29.2 Å². The third kappa shape index (κ3) is 4.30. The van der Waals surface area contributed by atoms with Crippen molar-refractivity contribution in [3.63, 3.8) is 0 Å². The van der Waals surface area contributed by atoms with Crippen molar-refractivity contribution >= 4 is 0 Å². The van der Waals surface area contributed by atoms with Crippen LogP contribution in [-0.2, 0) is 6.42 Å². The highest BCUT2D eigenvalue weighted by molar-refractivity contribution is 5.70. The van der Waals surface area contributed by atoms with E-state index in [0.717, 1.165) is 52.6 Å². The summed E-state index contributed by atoms with van der Waals surface area (Å²) < 4.78 is 16.7. The summed E-state index contributed by atoms with van der Waals surface area (Å²) in [6, 6.07) is 14.2. The van der Waals surface area contributed by atoms with Crippen LogP contribution in [0.5, 0.6) is 11.5 Å². The molecule has 0 unspecified atom stereocenters. The van der Waals surface area contributed by atoms with Gasteiger partial charge in [0.05, 0.1) is 19.9 Å². The Balaban J connectivity index is 1.50. The molecule has 5 nitrogen and oxygen atoms in total. The predicted molar refractivity (Wildman–Crippen MR) is 115 cm³/mol. The van der Waals surface area contributed by atoms with Gasteiger partial charge in [0.2, 0.25) is 5.89 Å². The Kier molecular flexibility index (Phi) is 5.86. The Morgan fingerprint density at radius 1 is 0.897 bits per heavy atom. The minimum absolute atomic E-state index is 0.692. The number of nitrogens with zero attached hydrogens (tertiary/aromatic N) is 2. The molecule has 5 heteroatoms. The molecule has 4 rings (SSSR count). The highest BCUT2D eigenvalue weighted by Crippen LogP contribution is 2.33. The molecule has 1 aliphatic heterocycles. The predicted octanol–water partition coefficient (Wildman–Crippen LogP) is 4.97. The van der Waals surface area contributed by atoms with E-state index in [9.17, 15) is 0 Å². The van der Waals surface area contributed by atoms with Gasteiger partial charge >= 0.3 is 0 Å². The molecule has 152 valence electrons. The van der Waals surface area contributed by atoms with E-state index in [1.54, 1.807) is 14.2 Å². The van der Waals surface area contributed by atoms with Crippen LogP contribution in [0.25, 0.3) is 22.6 Å². The normalized spacial score (nSPS) is 14.3. The first-order valence-corrected chi connectivity index (χ1v) is 10.2. The second-order valence-electron chi connectivity index (χ2n) is 7.47. The summed E-state index contributed by atoms with van der Waals surface area (Å²) in [5.74, 6) is 3.06. The highest BCUT2D eigenvalue weighted by Gasteiger charge is 2.15. The number of hydrogen-bond donors (Lipinski definition) is 0. The van der Waals surface area contributed by atoms with Gasteiger partial charge in [-0.2, -0.15) is 0 Å². The molecule has 2 heterocycles. The van der Waals surface area contributed by atoms with Crippen molar-refractivity contribution in [2.75, 3.05) is 33.9 Å². The zero-order valence-corrected chi connectivity index (χ0v) is 17.4. The van der Waals surface area contributed by atoms with Crippen molar-refractivity contribution in [2.24, 2.45) is 0 Å². The van der Waals surface area contributed by atoms with Crippen LogP contribution >= 0.6 is 0 Å². The third-order valence-electron chi connectivity index (χ3n) is 5.60. The number of oxazole rings is 1. The van der Waals surface area contributed by atoms with Gasteiger partial charge in [-0.15, -0.1) is 0 Å². The number of rotatable bonds is 7. The Bertz CT molecular complexity index is 957. The van der Waals surface area contributed by atoms with Gasteiger partial charge in [0.25, 0.3) is 0 Å². The van der Waals surface area contributed by atoms with Gasteiger partial charge in [0, 0.05) is 18.5 Å². The molecular weight excluding hydrogens is 364 g/mol. The lowest BCUT2D eigenvalue weighted by atomic mass is 10.0. The maximum Gasteiger partial charge on any atom is 0.226 e. The zero-order valence-electron chi connectivity index (χ0n) is 17.4. The molecule has 0 aliphatic carbocycles. The largest absolute Gasteiger partial charge is 0.493 e. The number of benzene rings is 2. The zero-order chi connectivity index (χ0) is 20.2. The van der Waals surface area contributed by atoms with Crippen molar-refractivity contribution in [2.45, 2.75) is 26.2 Å². The van der Waals surface area contributed by atoms with E-state index in [1.165, 1.54) is 25.9 Å². The molecule has 0 spiro atoms. The third-order valence-corrected chi connectivity index (χ3v) is 5.60. The van der Waals surface area contributed by atoms with Gasteiger partial charge in [0.1, 0.15) is 5.76 Å². The first-order valence-electron chi connectivity index (χ1n) is 10.2. The molecule has 29 heavy (non-hydrogen) atoms. The van der Waals surface area contributed by atoms with Crippen LogP contribution in [0, 0.1) is 6.92 Å². The van der Waals surface area contributed by atoms with Crippen LogP contribution < -0.4 is 9.47 Å². The van der Waals surface area contributed by atoms with Crippen molar-refractivity contribution in [3.8, 4) is 34.1 Å². The molecule has 0 amide bonds. The van der Waals surface area contributed by atoms with E-state index in [0.29, 0.717) is 5.89 Å². The van der Waals surface area contributed by atoms with E-state index < -0.39 is 0 Å². The lowest BCUT2D eigenvalue weighted by Gasteiger charge is -2.12. The van der Waals surface area contributed by atoms with Crippen LogP contribution in [0.15, 0.2) is 46.9 Å². The SMILES string of the molecule is COc1ccc(-c2ccc(-c3nc(CCN4CCCC4)c(C)o3)cc2)cc1OC. The lowest BCUT2D eigenvalue weighted by molar-refractivity contribution is 0.341. The first-order chi connectivity index (χ1) is 14.2. The van der Waals surface area contributed by atoms with Crippen LogP contribution in [0.4, 0.5) is 0 Å². The molecule has 0 N–H and O–H groups in total. The second-order valence-corrected chi connectivity index (χ2v) is 7.47. The van der Waals surface area contributed by atoms with Crippen molar-refractivity contribution in [1.82, 2.24) is 9.88 Å². The molecular formula is C24H28N2O3. The Morgan fingerprint density at radius 2 is 1.55 bits per heavy atom. The molecule has 1 saturated heterocycles. The van der Waals surface area contributed by atoms with E-state index in [1.807, 2.05) is 25.1 Å². The molecule has 1 fully saturated rings. The average Bonchev–Trinajstić information content (AvgIpc) is 3.41. The van der Waals surface area contributed by atoms with Crippen molar-refractivity contribution in [1.29, 1.82) is 0 Å². The Morgan fingerprint density at radius 3 is 2.24 bits per heavy atom. The Hall–Kier alpha value is -2.79. The second kappa shape index (κ2) is 8.70. The summed E-state index contributed by atoms with van der Waals surface area (Å²) in [4.78, 5) is 7.27. The topological polar surface area (TPSA) is 47.7 Å². The number of aromatic nitrogens is 1. The minimum Gasteiger partial charge on any atom is -0.493 e. The summed E-state index contributed by atoms with van der Waals surface area (Å²) in [7, 11) is 3.29. The summed E-state index contributed by atoms with van der Waals surface area (Å²) in [5, 5.41) is 0. The van der Waals surface area contributed by atoms with Crippen molar-refractivity contribution in [3.05, 3.63) is 53.9 Å².